The fourth-order valence-electron chi connectivity index (χ4n) is 3.10. The number of aryl methyl sites for hydroxylation is 1. The lowest BCUT2D eigenvalue weighted by molar-refractivity contribution is 0.475. The Morgan fingerprint density at radius 3 is 2.50 bits per heavy atom. The van der Waals surface area contributed by atoms with Gasteiger partial charge in [0.25, 0.3) is 0 Å². The first-order valence-electron chi connectivity index (χ1n) is 7.78. The standard InChI is InChI=1S/C19H22N2O/c1-2-21-13-16(18-5-3-4-6-19(18)21)11-15(12-20)14-7-9-17(22)10-8-14/h3-10,13,15,22H,2,11-12,20H2,1H3. The summed E-state index contributed by atoms with van der Waals surface area (Å²) in [6.45, 7) is 3.72. The highest BCUT2D eigenvalue weighted by Gasteiger charge is 2.15. The summed E-state index contributed by atoms with van der Waals surface area (Å²) in [7, 11) is 0. The fraction of sp³-hybridized carbons (Fsp3) is 0.263. The summed E-state index contributed by atoms with van der Waals surface area (Å²) in [5, 5.41) is 10.7. The van der Waals surface area contributed by atoms with Crippen LogP contribution in [0.2, 0.25) is 0 Å². The SMILES string of the molecule is CCn1cc(CC(CN)c2ccc(O)cc2)c2ccccc21. The van der Waals surface area contributed by atoms with Crippen molar-refractivity contribution in [3.05, 3.63) is 65.9 Å². The molecule has 0 aliphatic rings. The number of aromatic hydroxyl groups is 1. The third kappa shape index (κ3) is 2.72. The Morgan fingerprint density at radius 2 is 1.82 bits per heavy atom. The summed E-state index contributed by atoms with van der Waals surface area (Å²) in [6.07, 6.45) is 3.16. The Kier molecular flexibility index (Phi) is 4.16. The molecule has 3 heteroatoms. The van der Waals surface area contributed by atoms with Crippen LogP contribution in [0.25, 0.3) is 10.9 Å². The van der Waals surface area contributed by atoms with E-state index in [-0.39, 0.29) is 5.92 Å². The summed E-state index contributed by atoms with van der Waals surface area (Å²) in [6, 6.07) is 15.9. The molecule has 3 nitrogen and oxygen atoms in total. The molecule has 0 aliphatic heterocycles. The highest BCUT2D eigenvalue weighted by molar-refractivity contribution is 5.84. The molecular weight excluding hydrogens is 272 g/mol. The number of fused-ring (bicyclic) bond motifs is 1. The molecule has 1 aromatic heterocycles. The van der Waals surface area contributed by atoms with Crippen molar-refractivity contribution in [2.75, 3.05) is 6.54 Å². The van der Waals surface area contributed by atoms with Crippen LogP contribution in [0, 0.1) is 0 Å². The minimum absolute atomic E-state index is 0.261. The molecule has 0 fully saturated rings. The largest absolute Gasteiger partial charge is 0.508 e. The van der Waals surface area contributed by atoms with Crippen LogP contribution in [0.15, 0.2) is 54.7 Å². The molecule has 114 valence electrons. The van der Waals surface area contributed by atoms with Gasteiger partial charge in [0.15, 0.2) is 0 Å². The molecule has 2 aromatic carbocycles. The van der Waals surface area contributed by atoms with Crippen molar-refractivity contribution in [3.8, 4) is 5.75 Å². The Morgan fingerprint density at radius 1 is 1.09 bits per heavy atom. The zero-order valence-corrected chi connectivity index (χ0v) is 12.9. The smallest absolute Gasteiger partial charge is 0.115 e. The molecule has 3 N–H and O–H groups in total. The first kappa shape index (κ1) is 14.7. The Labute approximate surface area is 131 Å². The molecule has 3 rings (SSSR count). The van der Waals surface area contributed by atoms with Crippen molar-refractivity contribution in [2.45, 2.75) is 25.8 Å². The molecule has 0 amide bonds. The molecule has 1 heterocycles. The minimum Gasteiger partial charge on any atom is -0.508 e. The molecule has 0 saturated carbocycles. The predicted octanol–water partition coefficient (Wildman–Crippen LogP) is 3.65. The quantitative estimate of drug-likeness (QED) is 0.754. The Balaban J connectivity index is 1.95. The number of nitrogens with two attached hydrogens (primary N) is 1. The average Bonchev–Trinajstić information content (AvgIpc) is 2.91. The van der Waals surface area contributed by atoms with E-state index in [4.69, 9.17) is 5.73 Å². The maximum Gasteiger partial charge on any atom is 0.115 e. The molecule has 0 spiro atoms. The molecule has 3 aromatic rings. The summed E-state index contributed by atoms with van der Waals surface area (Å²) >= 11 is 0. The van der Waals surface area contributed by atoms with E-state index in [9.17, 15) is 5.11 Å². The van der Waals surface area contributed by atoms with Crippen LogP contribution in [0.1, 0.15) is 24.0 Å². The Hall–Kier alpha value is -2.26. The lowest BCUT2D eigenvalue weighted by Crippen LogP contribution is -2.14. The topological polar surface area (TPSA) is 51.2 Å². The molecule has 1 atom stereocenters. The second kappa shape index (κ2) is 6.24. The van der Waals surface area contributed by atoms with Gasteiger partial charge in [-0.2, -0.15) is 0 Å². The number of aromatic nitrogens is 1. The van der Waals surface area contributed by atoms with Crippen molar-refractivity contribution in [2.24, 2.45) is 5.73 Å². The van der Waals surface area contributed by atoms with E-state index >= 15 is 0 Å². The van der Waals surface area contributed by atoms with Crippen LogP contribution in [0.4, 0.5) is 0 Å². The van der Waals surface area contributed by atoms with Gasteiger partial charge in [0.05, 0.1) is 0 Å². The van der Waals surface area contributed by atoms with E-state index in [1.54, 1.807) is 12.1 Å². The predicted molar refractivity (Wildman–Crippen MR) is 91.2 cm³/mol. The average molecular weight is 294 g/mol. The van der Waals surface area contributed by atoms with Gasteiger partial charge in [0.2, 0.25) is 0 Å². The van der Waals surface area contributed by atoms with Crippen molar-refractivity contribution in [1.29, 1.82) is 0 Å². The van der Waals surface area contributed by atoms with Gasteiger partial charge in [-0.05, 0) is 49.2 Å². The summed E-state index contributed by atoms with van der Waals surface area (Å²) in [5.74, 6) is 0.554. The maximum absolute atomic E-state index is 9.44. The molecule has 0 saturated heterocycles. The highest BCUT2D eigenvalue weighted by Crippen LogP contribution is 2.28. The second-order valence-corrected chi connectivity index (χ2v) is 5.69. The molecular formula is C19H22N2O. The van der Waals surface area contributed by atoms with Gasteiger partial charge in [-0.25, -0.2) is 0 Å². The summed E-state index contributed by atoms with van der Waals surface area (Å²) < 4.78 is 2.29. The van der Waals surface area contributed by atoms with Crippen LogP contribution in [-0.4, -0.2) is 16.2 Å². The van der Waals surface area contributed by atoms with E-state index in [1.807, 2.05) is 12.1 Å². The number of para-hydroxylation sites is 1. The second-order valence-electron chi connectivity index (χ2n) is 5.69. The van der Waals surface area contributed by atoms with E-state index in [2.05, 4.69) is 42.0 Å². The number of benzene rings is 2. The first-order chi connectivity index (χ1) is 10.7. The van der Waals surface area contributed by atoms with Crippen LogP contribution in [0.5, 0.6) is 5.75 Å². The highest BCUT2D eigenvalue weighted by atomic mass is 16.3. The molecule has 1 unspecified atom stereocenters. The Bertz CT molecular complexity index is 759. The summed E-state index contributed by atoms with van der Waals surface area (Å²) in [4.78, 5) is 0. The maximum atomic E-state index is 9.44. The van der Waals surface area contributed by atoms with Gasteiger partial charge >= 0.3 is 0 Å². The fourth-order valence-corrected chi connectivity index (χ4v) is 3.10. The van der Waals surface area contributed by atoms with Gasteiger partial charge in [-0.3, -0.25) is 0 Å². The van der Waals surface area contributed by atoms with Gasteiger partial charge < -0.3 is 15.4 Å². The van der Waals surface area contributed by atoms with Crippen molar-refractivity contribution >= 4 is 10.9 Å². The third-order valence-corrected chi connectivity index (χ3v) is 4.33. The number of phenols is 1. The molecule has 22 heavy (non-hydrogen) atoms. The van der Waals surface area contributed by atoms with E-state index in [0.29, 0.717) is 12.3 Å². The van der Waals surface area contributed by atoms with Crippen molar-refractivity contribution in [3.63, 3.8) is 0 Å². The molecule has 0 radical (unpaired) electrons. The lowest BCUT2D eigenvalue weighted by Gasteiger charge is -2.15. The summed E-state index contributed by atoms with van der Waals surface area (Å²) in [5.41, 5.74) is 9.79. The van der Waals surface area contributed by atoms with Gasteiger partial charge in [-0.1, -0.05) is 30.3 Å². The van der Waals surface area contributed by atoms with Gasteiger partial charge in [-0.15, -0.1) is 0 Å². The van der Waals surface area contributed by atoms with Gasteiger partial charge in [0, 0.05) is 29.6 Å². The number of rotatable bonds is 5. The molecule has 0 aliphatic carbocycles. The number of phenolic OH excluding ortho intramolecular Hbond substituents is 1. The monoisotopic (exact) mass is 294 g/mol. The number of hydrogen-bond acceptors (Lipinski definition) is 2. The van der Waals surface area contributed by atoms with Crippen molar-refractivity contribution < 1.29 is 5.11 Å². The zero-order valence-electron chi connectivity index (χ0n) is 12.9. The number of hydrogen-bond donors (Lipinski definition) is 2. The normalized spacial score (nSPS) is 12.6. The van der Waals surface area contributed by atoms with E-state index in [0.717, 1.165) is 13.0 Å². The third-order valence-electron chi connectivity index (χ3n) is 4.33. The van der Waals surface area contributed by atoms with Crippen LogP contribution in [0.3, 0.4) is 0 Å². The van der Waals surface area contributed by atoms with Crippen LogP contribution >= 0.6 is 0 Å². The van der Waals surface area contributed by atoms with E-state index < -0.39 is 0 Å². The van der Waals surface area contributed by atoms with Gasteiger partial charge in [0.1, 0.15) is 5.75 Å². The number of nitrogens with zero attached hydrogens (tertiary/aromatic N) is 1. The van der Waals surface area contributed by atoms with Crippen LogP contribution in [-0.2, 0) is 13.0 Å². The van der Waals surface area contributed by atoms with Crippen LogP contribution < -0.4 is 5.73 Å². The van der Waals surface area contributed by atoms with Crippen molar-refractivity contribution in [1.82, 2.24) is 4.57 Å². The first-order valence-corrected chi connectivity index (χ1v) is 7.78. The van der Waals surface area contributed by atoms with E-state index in [1.165, 1.54) is 22.0 Å². The lowest BCUT2D eigenvalue weighted by atomic mass is 9.92. The minimum atomic E-state index is 0.261. The zero-order chi connectivity index (χ0) is 15.5. The molecule has 0 bridgehead atoms.